The van der Waals surface area contributed by atoms with Gasteiger partial charge in [-0.1, -0.05) is 5.11 Å². The van der Waals surface area contributed by atoms with E-state index in [4.69, 9.17) is 34.0 Å². The molecule has 14 heteroatoms. The zero-order valence-corrected chi connectivity index (χ0v) is 17.5. The number of carbonyl (C=O) groups is 4. The molecule has 1 rings (SSSR count). The average molecular weight is 447 g/mol. The Morgan fingerprint density at radius 1 is 0.968 bits per heavy atom. The van der Waals surface area contributed by atoms with Crippen molar-refractivity contribution in [1.29, 1.82) is 0 Å². The van der Waals surface area contributed by atoms with Gasteiger partial charge in [0.1, 0.15) is 12.7 Å². The molecule has 14 nitrogen and oxygen atoms in total. The molecule has 6 atom stereocenters. The van der Waals surface area contributed by atoms with E-state index in [-0.39, 0.29) is 6.54 Å². The predicted octanol–water partition coefficient (Wildman–Crippen LogP) is -0.243. The topological polar surface area (TPSA) is 193 Å². The summed E-state index contributed by atoms with van der Waals surface area (Å²) >= 11 is 0. The summed E-state index contributed by atoms with van der Waals surface area (Å²) in [6, 6.07) is 0. The van der Waals surface area contributed by atoms with Gasteiger partial charge in [-0.15, -0.1) is 0 Å². The summed E-state index contributed by atoms with van der Waals surface area (Å²) in [5.41, 5.74) is 8.32. The number of aliphatic hydroxyl groups excluding tert-OH is 1. The van der Waals surface area contributed by atoms with Crippen LogP contribution in [-0.4, -0.2) is 85.6 Å². The van der Waals surface area contributed by atoms with Crippen molar-refractivity contribution in [3.05, 3.63) is 10.4 Å². The van der Waals surface area contributed by atoms with Crippen molar-refractivity contribution in [1.82, 2.24) is 0 Å². The van der Waals surface area contributed by atoms with Gasteiger partial charge in [0.15, 0.2) is 24.6 Å². The molecule has 0 saturated carbocycles. The highest BCUT2D eigenvalue weighted by molar-refractivity contribution is 5.68. The molecule has 0 aromatic carbocycles. The molecule has 1 unspecified atom stereocenters. The van der Waals surface area contributed by atoms with Gasteiger partial charge in [-0.05, 0) is 5.53 Å². The maximum Gasteiger partial charge on any atom is 0.303 e. The van der Waals surface area contributed by atoms with E-state index in [2.05, 4.69) is 10.0 Å². The van der Waals surface area contributed by atoms with Crippen LogP contribution in [-0.2, 0) is 47.6 Å². The molecule has 1 saturated heterocycles. The molecule has 0 spiro atoms. The molecule has 0 bridgehead atoms. The van der Waals surface area contributed by atoms with Crippen molar-refractivity contribution in [3.63, 3.8) is 0 Å². The normalized spacial score (nSPS) is 26.0. The SMILES string of the molecule is CC(=O)OC[C@H]1O[C@@H](OCC(O)CN=[N+]=[N-])[C@H](OC(C)=O)[C@@H](OC(C)=O)[C@H]1OC(C)=O. The Morgan fingerprint density at radius 2 is 1.52 bits per heavy atom. The van der Waals surface area contributed by atoms with Crippen molar-refractivity contribution in [2.75, 3.05) is 19.8 Å². The maximum absolute atomic E-state index is 11.7. The summed E-state index contributed by atoms with van der Waals surface area (Å²) in [7, 11) is 0. The molecule has 0 aromatic heterocycles. The van der Waals surface area contributed by atoms with Gasteiger partial charge >= 0.3 is 23.9 Å². The first-order valence-electron chi connectivity index (χ1n) is 9.16. The molecular weight excluding hydrogens is 422 g/mol. The van der Waals surface area contributed by atoms with Crippen molar-refractivity contribution < 1.29 is 52.7 Å². The Morgan fingerprint density at radius 3 is 2.03 bits per heavy atom. The number of esters is 4. The third-order valence-electron chi connectivity index (χ3n) is 3.76. The third kappa shape index (κ3) is 9.17. The first-order chi connectivity index (χ1) is 14.5. The molecule has 1 aliphatic rings. The van der Waals surface area contributed by atoms with Gasteiger partial charge in [0.2, 0.25) is 0 Å². The Bertz CT molecular complexity index is 709. The second kappa shape index (κ2) is 12.7. The third-order valence-corrected chi connectivity index (χ3v) is 3.76. The van der Waals surface area contributed by atoms with E-state index in [0.717, 1.165) is 27.7 Å². The van der Waals surface area contributed by atoms with Crippen LogP contribution in [0.4, 0.5) is 0 Å². The second-order valence-electron chi connectivity index (χ2n) is 6.47. The smallest absolute Gasteiger partial charge is 0.303 e. The first-order valence-corrected chi connectivity index (χ1v) is 9.16. The first kappa shape index (κ1) is 26.1. The van der Waals surface area contributed by atoms with Gasteiger partial charge in [-0.3, -0.25) is 19.2 Å². The molecule has 0 radical (unpaired) electrons. The van der Waals surface area contributed by atoms with E-state index in [1.807, 2.05) is 0 Å². The number of azide groups is 1. The molecule has 1 N–H and O–H groups in total. The highest BCUT2D eigenvalue weighted by atomic mass is 16.7. The van der Waals surface area contributed by atoms with Crippen molar-refractivity contribution in [3.8, 4) is 0 Å². The second-order valence-corrected chi connectivity index (χ2v) is 6.47. The maximum atomic E-state index is 11.7. The van der Waals surface area contributed by atoms with Crippen LogP contribution in [0, 0.1) is 0 Å². The summed E-state index contributed by atoms with van der Waals surface area (Å²) in [6.45, 7) is 3.31. The standard InChI is InChI=1S/C17H25N3O11/c1-8(21)26-7-13-14(28-9(2)22)15(29-10(3)23)16(30-11(4)24)17(31-13)27-6-12(25)5-19-20-18/h12-17,25H,5-7H2,1-4H3/t12?,13-,14+,15+,16-,17-/m1/s1. The number of rotatable bonds is 10. The minimum atomic E-state index is -1.42. The molecule has 0 aromatic rings. The van der Waals surface area contributed by atoms with Crippen LogP contribution in [0.1, 0.15) is 27.7 Å². The number of aliphatic hydroxyl groups is 1. The summed E-state index contributed by atoms with van der Waals surface area (Å²) in [6.07, 6.45) is -7.88. The molecule has 1 aliphatic heterocycles. The predicted molar refractivity (Wildman–Crippen MR) is 97.9 cm³/mol. The number of hydrogen-bond acceptors (Lipinski definition) is 12. The molecule has 1 fully saturated rings. The minimum absolute atomic E-state index is 0.304. The lowest BCUT2D eigenvalue weighted by molar-refractivity contribution is -0.310. The molecular formula is C17H25N3O11. The van der Waals surface area contributed by atoms with Crippen LogP contribution >= 0.6 is 0 Å². The van der Waals surface area contributed by atoms with E-state index in [0.29, 0.717) is 0 Å². The monoisotopic (exact) mass is 447 g/mol. The number of carbonyl (C=O) groups excluding carboxylic acids is 4. The van der Waals surface area contributed by atoms with E-state index < -0.39 is 73.9 Å². The van der Waals surface area contributed by atoms with E-state index in [9.17, 15) is 24.3 Å². The Balaban J connectivity index is 3.22. The molecule has 0 amide bonds. The quantitative estimate of drug-likeness (QED) is 0.153. The van der Waals surface area contributed by atoms with Gasteiger partial charge in [0.05, 0.1) is 19.3 Å². The Labute approximate surface area is 177 Å². The summed E-state index contributed by atoms with van der Waals surface area (Å²) in [5, 5.41) is 13.0. The molecule has 0 aliphatic carbocycles. The summed E-state index contributed by atoms with van der Waals surface area (Å²) in [5.74, 6) is -2.98. The van der Waals surface area contributed by atoms with Gasteiger partial charge in [-0.25, -0.2) is 0 Å². The van der Waals surface area contributed by atoms with Crippen LogP contribution in [0.3, 0.4) is 0 Å². The van der Waals surface area contributed by atoms with Gasteiger partial charge < -0.3 is 33.5 Å². The number of nitrogens with zero attached hydrogens (tertiary/aromatic N) is 3. The summed E-state index contributed by atoms with van der Waals surface area (Å²) < 4.78 is 31.7. The minimum Gasteiger partial charge on any atom is -0.463 e. The lowest BCUT2D eigenvalue weighted by atomic mass is 9.98. The van der Waals surface area contributed by atoms with E-state index in [1.54, 1.807) is 0 Å². The van der Waals surface area contributed by atoms with E-state index in [1.165, 1.54) is 0 Å². The molecule has 1 heterocycles. The van der Waals surface area contributed by atoms with Crippen molar-refractivity contribution >= 4 is 23.9 Å². The van der Waals surface area contributed by atoms with Gasteiger partial charge in [0.25, 0.3) is 0 Å². The van der Waals surface area contributed by atoms with Crippen LogP contribution in [0.5, 0.6) is 0 Å². The molecule has 174 valence electrons. The number of hydrogen-bond donors (Lipinski definition) is 1. The lowest BCUT2D eigenvalue weighted by Gasteiger charge is -2.44. The summed E-state index contributed by atoms with van der Waals surface area (Å²) in [4.78, 5) is 48.7. The zero-order valence-electron chi connectivity index (χ0n) is 17.5. The van der Waals surface area contributed by atoms with E-state index >= 15 is 0 Å². The number of ether oxygens (including phenoxy) is 6. The van der Waals surface area contributed by atoms with Crippen LogP contribution in [0.2, 0.25) is 0 Å². The van der Waals surface area contributed by atoms with Crippen molar-refractivity contribution in [2.45, 2.75) is 64.5 Å². The van der Waals surface area contributed by atoms with Crippen molar-refractivity contribution in [2.24, 2.45) is 5.11 Å². The van der Waals surface area contributed by atoms with Crippen LogP contribution in [0.25, 0.3) is 10.4 Å². The average Bonchev–Trinajstić information content (AvgIpc) is 2.65. The fourth-order valence-electron chi connectivity index (χ4n) is 2.71. The largest absolute Gasteiger partial charge is 0.463 e. The Kier molecular flexibility index (Phi) is 10.7. The molecule has 31 heavy (non-hydrogen) atoms. The fraction of sp³-hybridized carbons (Fsp3) is 0.765. The van der Waals surface area contributed by atoms with Crippen LogP contribution < -0.4 is 0 Å². The zero-order chi connectivity index (χ0) is 23.6. The van der Waals surface area contributed by atoms with Gasteiger partial charge in [-0.2, -0.15) is 0 Å². The lowest BCUT2D eigenvalue weighted by Crippen LogP contribution is -2.63. The highest BCUT2D eigenvalue weighted by Crippen LogP contribution is 2.30. The van der Waals surface area contributed by atoms with Crippen LogP contribution in [0.15, 0.2) is 5.11 Å². The highest BCUT2D eigenvalue weighted by Gasteiger charge is 2.52. The Hall–Kier alpha value is -2.93. The fourth-order valence-corrected chi connectivity index (χ4v) is 2.71. The van der Waals surface area contributed by atoms with Gasteiger partial charge in [0, 0.05) is 32.6 Å².